The van der Waals surface area contributed by atoms with Crippen molar-refractivity contribution in [1.29, 1.82) is 0 Å². The molecule has 0 saturated carbocycles. The summed E-state index contributed by atoms with van der Waals surface area (Å²) in [7, 11) is 0. The molecule has 1 atom stereocenters. The topological polar surface area (TPSA) is 42.4 Å². The third-order valence-electron chi connectivity index (χ3n) is 2.35. The van der Waals surface area contributed by atoms with Gasteiger partial charge in [-0.1, -0.05) is 17.7 Å². The van der Waals surface area contributed by atoms with Gasteiger partial charge in [0.25, 0.3) is 0 Å². The molecule has 2 rings (SSSR count). The highest BCUT2D eigenvalue weighted by Crippen LogP contribution is 2.32. The van der Waals surface area contributed by atoms with Crippen LogP contribution in [-0.2, 0) is 0 Å². The predicted octanol–water partition coefficient (Wildman–Crippen LogP) is 4.34. The van der Waals surface area contributed by atoms with Crippen molar-refractivity contribution in [2.75, 3.05) is 0 Å². The van der Waals surface area contributed by atoms with Crippen molar-refractivity contribution in [3.05, 3.63) is 51.7 Å². The fourth-order valence-electron chi connectivity index (χ4n) is 1.43. The van der Waals surface area contributed by atoms with Crippen LogP contribution in [0.5, 0.6) is 11.5 Å². The average Bonchev–Trinajstić information content (AvgIpc) is 2.31. The first-order valence-electron chi connectivity index (χ1n) is 5.32. The molecule has 0 saturated heterocycles. The van der Waals surface area contributed by atoms with Crippen molar-refractivity contribution in [2.24, 2.45) is 0 Å². The molecule has 1 aromatic carbocycles. The highest BCUT2D eigenvalue weighted by Gasteiger charge is 2.07. The van der Waals surface area contributed by atoms with Gasteiger partial charge in [-0.15, -0.1) is 0 Å². The van der Waals surface area contributed by atoms with Gasteiger partial charge in [0.15, 0.2) is 0 Å². The number of halogens is 2. The number of aromatic nitrogens is 1. The molecule has 0 spiro atoms. The van der Waals surface area contributed by atoms with E-state index in [1.54, 1.807) is 31.5 Å². The van der Waals surface area contributed by atoms with Gasteiger partial charge in [0, 0.05) is 12.3 Å². The van der Waals surface area contributed by atoms with Crippen LogP contribution in [0.1, 0.15) is 18.6 Å². The van der Waals surface area contributed by atoms with Crippen LogP contribution >= 0.6 is 27.5 Å². The zero-order valence-corrected chi connectivity index (χ0v) is 11.9. The summed E-state index contributed by atoms with van der Waals surface area (Å²) >= 11 is 9.23. The van der Waals surface area contributed by atoms with Crippen LogP contribution < -0.4 is 4.74 Å². The Bertz CT molecular complexity index is 560. The normalized spacial score (nSPS) is 12.2. The maximum Gasteiger partial charge on any atom is 0.147 e. The van der Waals surface area contributed by atoms with E-state index in [4.69, 9.17) is 16.3 Å². The van der Waals surface area contributed by atoms with Crippen LogP contribution in [0.4, 0.5) is 0 Å². The van der Waals surface area contributed by atoms with Crippen LogP contribution in [0.25, 0.3) is 0 Å². The van der Waals surface area contributed by atoms with Gasteiger partial charge in [-0.05, 0) is 40.5 Å². The first kappa shape index (κ1) is 13.3. The second-order valence-electron chi connectivity index (χ2n) is 3.81. The molecule has 1 aromatic heterocycles. The Balaban J connectivity index is 2.24. The van der Waals surface area contributed by atoms with Crippen molar-refractivity contribution < 1.29 is 9.84 Å². The fourth-order valence-corrected chi connectivity index (χ4v) is 2.08. The molecule has 0 amide bonds. The molecule has 0 bridgehead atoms. The van der Waals surface area contributed by atoms with E-state index in [0.717, 1.165) is 10.0 Å². The number of hydrogen-bond donors (Lipinski definition) is 1. The lowest BCUT2D eigenvalue weighted by Crippen LogP contribution is -1.92. The van der Waals surface area contributed by atoms with E-state index in [1.165, 1.54) is 0 Å². The van der Waals surface area contributed by atoms with Gasteiger partial charge in [-0.25, -0.2) is 0 Å². The molecule has 1 N–H and O–H groups in total. The lowest BCUT2D eigenvalue weighted by atomic mass is 10.1. The zero-order valence-electron chi connectivity index (χ0n) is 9.60. The standard InChI is InChI=1S/C13H11BrClNO2/c1-8(17)9-2-3-13(12(14)4-9)18-11-5-10(15)6-16-7-11/h2-8,17H,1H3. The fraction of sp³-hybridized carbons (Fsp3) is 0.154. The molecule has 0 aliphatic heterocycles. The maximum absolute atomic E-state index is 9.48. The van der Waals surface area contributed by atoms with Crippen LogP contribution in [0, 0.1) is 0 Å². The molecule has 0 aliphatic rings. The SMILES string of the molecule is CC(O)c1ccc(Oc2cncc(Cl)c2)c(Br)c1. The summed E-state index contributed by atoms with van der Waals surface area (Å²) in [6.07, 6.45) is 2.61. The molecular formula is C13H11BrClNO2. The van der Waals surface area contributed by atoms with E-state index in [2.05, 4.69) is 20.9 Å². The lowest BCUT2D eigenvalue weighted by molar-refractivity contribution is 0.199. The summed E-state index contributed by atoms with van der Waals surface area (Å²) in [4.78, 5) is 3.94. The minimum atomic E-state index is -0.511. The maximum atomic E-state index is 9.48. The number of nitrogens with zero attached hydrogens (tertiary/aromatic N) is 1. The van der Waals surface area contributed by atoms with Crippen LogP contribution in [0.3, 0.4) is 0 Å². The van der Waals surface area contributed by atoms with Crippen LogP contribution in [-0.4, -0.2) is 10.1 Å². The quantitative estimate of drug-likeness (QED) is 0.911. The Hall–Kier alpha value is -1.10. The van der Waals surface area contributed by atoms with Crippen molar-refractivity contribution in [3.63, 3.8) is 0 Å². The molecule has 1 unspecified atom stereocenters. The summed E-state index contributed by atoms with van der Waals surface area (Å²) in [5, 5.41) is 9.99. The molecule has 0 radical (unpaired) electrons. The van der Waals surface area contributed by atoms with Crippen LogP contribution in [0.2, 0.25) is 5.02 Å². The third-order valence-corrected chi connectivity index (χ3v) is 3.17. The monoisotopic (exact) mass is 327 g/mol. The number of rotatable bonds is 3. The van der Waals surface area contributed by atoms with E-state index in [9.17, 15) is 5.11 Å². The average molecular weight is 329 g/mol. The Morgan fingerprint density at radius 2 is 2.11 bits per heavy atom. The smallest absolute Gasteiger partial charge is 0.147 e. The molecule has 3 nitrogen and oxygen atoms in total. The van der Waals surface area contributed by atoms with Crippen molar-refractivity contribution >= 4 is 27.5 Å². The van der Waals surface area contributed by atoms with Gasteiger partial charge in [-0.2, -0.15) is 0 Å². The molecular weight excluding hydrogens is 318 g/mol. The molecule has 1 heterocycles. The summed E-state index contributed by atoms with van der Waals surface area (Å²) in [5.74, 6) is 1.21. The number of ether oxygens (including phenoxy) is 1. The summed E-state index contributed by atoms with van der Waals surface area (Å²) in [6.45, 7) is 1.71. The van der Waals surface area contributed by atoms with Gasteiger partial charge in [-0.3, -0.25) is 4.98 Å². The Kier molecular flexibility index (Phi) is 4.22. The van der Waals surface area contributed by atoms with E-state index >= 15 is 0 Å². The molecule has 0 fully saturated rings. The van der Waals surface area contributed by atoms with Crippen LogP contribution in [0.15, 0.2) is 41.1 Å². The van der Waals surface area contributed by atoms with Crippen molar-refractivity contribution in [1.82, 2.24) is 4.98 Å². The van der Waals surface area contributed by atoms with E-state index < -0.39 is 6.10 Å². The number of pyridine rings is 1. The van der Waals surface area contributed by atoms with Gasteiger partial charge < -0.3 is 9.84 Å². The Morgan fingerprint density at radius 3 is 2.72 bits per heavy atom. The van der Waals surface area contributed by atoms with E-state index in [-0.39, 0.29) is 0 Å². The summed E-state index contributed by atoms with van der Waals surface area (Å²) < 4.78 is 6.41. The lowest BCUT2D eigenvalue weighted by Gasteiger charge is -2.10. The zero-order chi connectivity index (χ0) is 13.1. The summed E-state index contributed by atoms with van der Waals surface area (Å²) in [6, 6.07) is 7.09. The first-order chi connectivity index (χ1) is 8.56. The van der Waals surface area contributed by atoms with Gasteiger partial charge in [0.2, 0.25) is 0 Å². The minimum absolute atomic E-state index is 0.511. The molecule has 0 aliphatic carbocycles. The molecule has 2 aromatic rings. The number of aliphatic hydroxyl groups excluding tert-OH is 1. The second kappa shape index (κ2) is 5.69. The van der Waals surface area contributed by atoms with Gasteiger partial charge in [0.1, 0.15) is 11.5 Å². The minimum Gasteiger partial charge on any atom is -0.455 e. The number of benzene rings is 1. The molecule has 18 heavy (non-hydrogen) atoms. The van der Waals surface area contributed by atoms with Gasteiger partial charge in [0.05, 0.1) is 21.8 Å². The van der Waals surface area contributed by atoms with Gasteiger partial charge >= 0.3 is 0 Å². The van der Waals surface area contributed by atoms with E-state index in [1.807, 2.05) is 12.1 Å². The number of aliphatic hydroxyl groups is 1. The van der Waals surface area contributed by atoms with E-state index in [0.29, 0.717) is 16.5 Å². The molecule has 94 valence electrons. The van der Waals surface area contributed by atoms with Crippen molar-refractivity contribution in [2.45, 2.75) is 13.0 Å². The highest BCUT2D eigenvalue weighted by molar-refractivity contribution is 9.10. The predicted molar refractivity (Wildman–Crippen MR) is 74.1 cm³/mol. The van der Waals surface area contributed by atoms with Crippen molar-refractivity contribution in [3.8, 4) is 11.5 Å². The largest absolute Gasteiger partial charge is 0.455 e. The first-order valence-corrected chi connectivity index (χ1v) is 6.49. The number of hydrogen-bond acceptors (Lipinski definition) is 3. The Labute approximate surface area is 119 Å². The Morgan fingerprint density at radius 1 is 1.33 bits per heavy atom. The third kappa shape index (κ3) is 3.22. The molecule has 5 heteroatoms. The second-order valence-corrected chi connectivity index (χ2v) is 5.10. The summed E-state index contributed by atoms with van der Waals surface area (Å²) in [5.41, 5.74) is 0.818. The highest BCUT2D eigenvalue weighted by atomic mass is 79.9.